The summed E-state index contributed by atoms with van der Waals surface area (Å²) in [5.74, 6) is 0.267. The van der Waals surface area contributed by atoms with Crippen LogP contribution in [0.25, 0.3) is 5.69 Å². The fourth-order valence-corrected chi connectivity index (χ4v) is 3.99. The smallest absolute Gasteiger partial charge is 0.241 e. The van der Waals surface area contributed by atoms with Gasteiger partial charge >= 0.3 is 0 Å². The number of piperazine rings is 1. The van der Waals surface area contributed by atoms with Crippen LogP contribution in [0.2, 0.25) is 0 Å². The predicted octanol–water partition coefficient (Wildman–Crippen LogP) is 1.89. The summed E-state index contributed by atoms with van der Waals surface area (Å²) < 4.78 is 1.94. The van der Waals surface area contributed by atoms with Crippen molar-refractivity contribution in [1.82, 2.24) is 24.9 Å². The molecule has 0 spiro atoms. The monoisotopic (exact) mass is 367 g/mol. The number of hydrogen-bond acceptors (Lipinski definition) is 4. The molecule has 4 rings (SSSR count). The van der Waals surface area contributed by atoms with E-state index in [1.165, 1.54) is 16.7 Å². The highest BCUT2D eigenvalue weighted by atomic mass is 16.2. The molecule has 1 N–H and O–H groups in total. The number of carbonyl (C=O) groups excluding carboxylic acids is 1. The van der Waals surface area contributed by atoms with Crippen molar-refractivity contribution in [3.05, 3.63) is 47.3 Å². The molecule has 6 heteroatoms. The largest absolute Gasteiger partial charge is 0.341 e. The van der Waals surface area contributed by atoms with Gasteiger partial charge in [0.25, 0.3) is 0 Å². The van der Waals surface area contributed by atoms with E-state index in [9.17, 15) is 4.79 Å². The molecule has 6 nitrogen and oxygen atoms in total. The van der Waals surface area contributed by atoms with E-state index < -0.39 is 0 Å². The zero-order valence-electron chi connectivity index (χ0n) is 16.3. The fraction of sp³-hybridized carbons (Fsp3) is 0.524. The summed E-state index contributed by atoms with van der Waals surface area (Å²) in [6.45, 7) is 9.49. The molecule has 144 valence electrons. The maximum Gasteiger partial charge on any atom is 0.241 e. The van der Waals surface area contributed by atoms with Crippen LogP contribution in [0.1, 0.15) is 29.5 Å². The molecule has 0 bridgehead atoms. The molecule has 1 atom stereocenters. The Kier molecular flexibility index (Phi) is 5.27. The Hall–Kier alpha value is -2.18. The van der Waals surface area contributed by atoms with Crippen molar-refractivity contribution in [3.8, 4) is 5.69 Å². The maximum atomic E-state index is 12.7. The van der Waals surface area contributed by atoms with E-state index in [4.69, 9.17) is 0 Å². The summed E-state index contributed by atoms with van der Waals surface area (Å²) in [5, 5.41) is 7.94. The number of hydrogen-bond donors (Lipinski definition) is 1. The number of aryl methyl sites for hydroxylation is 2. The lowest BCUT2D eigenvalue weighted by atomic mass is 10.1. The predicted molar refractivity (Wildman–Crippen MR) is 106 cm³/mol. The molecule has 3 heterocycles. The lowest BCUT2D eigenvalue weighted by Crippen LogP contribution is -2.57. The van der Waals surface area contributed by atoms with Crippen molar-refractivity contribution in [2.45, 2.75) is 39.3 Å². The van der Waals surface area contributed by atoms with Gasteiger partial charge in [-0.25, -0.2) is 4.68 Å². The van der Waals surface area contributed by atoms with Gasteiger partial charge in [-0.2, -0.15) is 5.10 Å². The minimum absolute atomic E-state index is 0.0772. The van der Waals surface area contributed by atoms with E-state index in [0.29, 0.717) is 0 Å². The topological polar surface area (TPSA) is 53.4 Å². The van der Waals surface area contributed by atoms with Crippen molar-refractivity contribution in [2.75, 3.05) is 32.7 Å². The summed E-state index contributed by atoms with van der Waals surface area (Å²) in [5.41, 5.74) is 4.84. The SMILES string of the molecule is Cc1ccc(-n2cc(CN3CCNC(C(=O)N4CCCC4)C3)cn2)cc1C. The third kappa shape index (κ3) is 4.06. The summed E-state index contributed by atoms with van der Waals surface area (Å²) in [6.07, 6.45) is 6.32. The fourth-order valence-electron chi connectivity index (χ4n) is 3.99. The summed E-state index contributed by atoms with van der Waals surface area (Å²) in [4.78, 5) is 17.0. The Morgan fingerprint density at radius 2 is 2.00 bits per heavy atom. The van der Waals surface area contributed by atoms with Gasteiger partial charge < -0.3 is 10.2 Å². The number of aromatic nitrogens is 2. The van der Waals surface area contributed by atoms with Gasteiger partial charge in [-0.3, -0.25) is 9.69 Å². The first kappa shape index (κ1) is 18.2. The molecule has 1 aromatic carbocycles. The van der Waals surface area contributed by atoms with Crippen molar-refractivity contribution in [2.24, 2.45) is 0 Å². The molecule has 1 amide bonds. The van der Waals surface area contributed by atoms with Crippen LogP contribution >= 0.6 is 0 Å². The zero-order valence-corrected chi connectivity index (χ0v) is 16.3. The third-order valence-electron chi connectivity index (χ3n) is 5.77. The van der Waals surface area contributed by atoms with Gasteiger partial charge in [0.1, 0.15) is 0 Å². The van der Waals surface area contributed by atoms with Crippen molar-refractivity contribution < 1.29 is 4.79 Å². The standard InChI is InChI=1S/C21H29N5O/c1-16-5-6-19(11-17(16)2)26-14-18(12-23-26)13-24-10-7-22-20(15-24)21(27)25-8-3-4-9-25/h5-6,11-12,14,20,22H,3-4,7-10,13,15H2,1-2H3. The highest BCUT2D eigenvalue weighted by molar-refractivity contribution is 5.82. The van der Waals surface area contributed by atoms with Crippen LogP contribution in [0.3, 0.4) is 0 Å². The van der Waals surface area contributed by atoms with Crippen LogP contribution < -0.4 is 5.32 Å². The molecule has 2 aromatic rings. The second-order valence-electron chi connectivity index (χ2n) is 7.84. The number of rotatable bonds is 4. The third-order valence-corrected chi connectivity index (χ3v) is 5.77. The molecule has 0 aliphatic carbocycles. The number of benzene rings is 1. The lowest BCUT2D eigenvalue weighted by molar-refractivity contribution is -0.133. The number of amides is 1. The quantitative estimate of drug-likeness (QED) is 0.897. The molecule has 1 unspecified atom stereocenters. The highest BCUT2D eigenvalue weighted by Crippen LogP contribution is 2.16. The first-order chi connectivity index (χ1) is 13.1. The van der Waals surface area contributed by atoms with Gasteiger partial charge in [0.15, 0.2) is 0 Å². The Bertz CT molecular complexity index is 809. The van der Waals surface area contributed by atoms with E-state index in [1.807, 2.05) is 15.8 Å². The molecule has 2 fully saturated rings. The van der Waals surface area contributed by atoms with Gasteiger partial charge in [-0.1, -0.05) is 6.07 Å². The normalized spacial score (nSPS) is 21.0. The van der Waals surface area contributed by atoms with E-state index in [1.54, 1.807) is 0 Å². The van der Waals surface area contributed by atoms with Crippen LogP contribution in [0.5, 0.6) is 0 Å². The van der Waals surface area contributed by atoms with Crippen LogP contribution in [0.15, 0.2) is 30.6 Å². The van der Waals surface area contributed by atoms with E-state index >= 15 is 0 Å². The van der Waals surface area contributed by atoms with Crippen LogP contribution in [-0.2, 0) is 11.3 Å². The highest BCUT2D eigenvalue weighted by Gasteiger charge is 2.30. The van der Waals surface area contributed by atoms with Gasteiger partial charge in [-0.05, 0) is 49.9 Å². The average Bonchev–Trinajstić information content (AvgIpc) is 3.36. The number of likely N-dealkylation sites (tertiary alicyclic amines) is 1. The molecule has 0 radical (unpaired) electrons. The Morgan fingerprint density at radius 3 is 2.78 bits per heavy atom. The Morgan fingerprint density at radius 1 is 1.19 bits per heavy atom. The molecule has 0 saturated carbocycles. The number of nitrogens with one attached hydrogen (secondary N) is 1. The summed E-state index contributed by atoms with van der Waals surface area (Å²) in [7, 11) is 0. The van der Waals surface area contributed by atoms with E-state index in [2.05, 4.69) is 53.6 Å². The van der Waals surface area contributed by atoms with Crippen molar-refractivity contribution in [1.29, 1.82) is 0 Å². The van der Waals surface area contributed by atoms with Crippen LogP contribution in [0, 0.1) is 13.8 Å². The maximum absolute atomic E-state index is 12.7. The first-order valence-electron chi connectivity index (χ1n) is 9.96. The van der Waals surface area contributed by atoms with Crippen molar-refractivity contribution in [3.63, 3.8) is 0 Å². The molecule has 1 aromatic heterocycles. The van der Waals surface area contributed by atoms with Gasteiger partial charge in [0.2, 0.25) is 5.91 Å². The molecular weight excluding hydrogens is 338 g/mol. The molecule has 2 saturated heterocycles. The Labute approximate surface area is 161 Å². The second kappa shape index (κ2) is 7.82. The summed E-state index contributed by atoms with van der Waals surface area (Å²) in [6, 6.07) is 6.33. The molecular formula is C21H29N5O. The molecule has 2 aliphatic heterocycles. The average molecular weight is 367 g/mol. The van der Waals surface area contributed by atoms with E-state index in [0.717, 1.165) is 57.8 Å². The number of nitrogens with zero attached hydrogens (tertiary/aromatic N) is 4. The zero-order chi connectivity index (χ0) is 18.8. The lowest BCUT2D eigenvalue weighted by Gasteiger charge is -2.34. The van der Waals surface area contributed by atoms with Gasteiger partial charge in [0, 0.05) is 51.0 Å². The van der Waals surface area contributed by atoms with Crippen LogP contribution in [-0.4, -0.2) is 64.3 Å². The van der Waals surface area contributed by atoms with Gasteiger partial charge in [0.05, 0.1) is 17.9 Å². The first-order valence-corrected chi connectivity index (χ1v) is 9.96. The Balaban J connectivity index is 1.39. The van der Waals surface area contributed by atoms with Crippen LogP contribution in [0.4, 0.5) is 0 Å². The van der Waals surface area contributed by atoms with Crippen molar-refractivity contribution >= 4 is 5.91 Å². The number of carbonyl (C=O) groups is 1. The minimum Gasteiger partial charge on any atom is -0.341 e. The second-order valence-corrected chi connectivity index (χ2v) is 7.84. The van der Waals surface area contributed by atoms with E-state index in [-0.39, 0.29) is 11.9 Å². The minimum atomic E-state index is -0.0772. The molecule has 27 heavy (non-hydrogen) atoms. The molecule has 2 aliphatic rings. The summed E-state index contributed by atoms with van der Waals surface area (Å²) >= 11 is 0. The van der Waals surface area contributed by atoms with Gasteiger partial charge in [-0.15, -0.1) is 0 Å².